The van der Waals surface area contributed by atoms with Crippen LogP contribution in [0.3, 0.4) is 0 Å². The standard InChI is InChI=1S/C21H24N4S/c1-12-10-24-26-20(12)15-7-16-9-21(2,23-11-17(16)18(22)8-15)25-19(13-3-4-13)14-5-6-14/h7-11,13,23,25H,3-6,22H2,1-2H3. The number of allylic oxidation sites excluding steroid dienone is 2. The fourth-order valence-electron chi connectivity index (χ4n) is 3.79. The third-order valence-corrected chi connectivity index (χ3v) is 6.43. The van der Waals surface area contributed by atoms with E-state index in [1.54, 1.807) is 5.57 Å². The second-order valence-corrected chi connectivity index (χ2v) is 8.76. The van der Waals surface area contributed by atoms with Gasteiger partial charge in [-0.05, 0) is 91.5 Å². The Hall–Kier alpha value is -2.27. The van der Waals surface area contributed by atoms with Crippen LogP contribution in [0.2, 0.25) is 0 Å². The molecule has 5 heteroatoms. The van der Waals surface area contributed by atoms with Gasteiger partial charge in [0.05, 0.1) is 4.88 Å². The lowest BCUT2D eigenvalue weighted by atomic mass is 10.0. The molecule has 0 radical (unpaired) electrons. The van der Waals surface area contributed by atoms with Gasteiger partial charge in [0.2, 0.25) is 0 Å². The molecule has 1 aliphatic heterocycles. The maximum absolute atomic E-state index is 6.37. The monoisotopic (exact) mass is 364 g/mol. The summed E-state index contributed by atoms with van der Waals surface area (Å²) in [5.41, 5.74) is 12.3. The molecule has 0 amide bonds. The quantitative estimate of drug-likeness (QED) is 0.730. The van der Waals surface area contributed by atoms with Gasteiger partial charge in [-0.2, -0.15) is 0 Å². The molecule has 2 saturated carbocycles. The SMILES string of the molecule is Cc1cnsc1-c1cc(N)c2c(c1)=CC(C)(NC(=C1CC1)C1CC1)NC=2. The minimum absolute atomic E-state index is 0.283. The van der Waals surface area contributed by atoms with Gasteiger partial charge >= 0.3 is 0 Å². The number of fused-ring (bicyclic) bond motifs is 1. The molecule has 2 fully saturated rings. The molecule has 5 rings (SSSR count). The largest absolute Gasteiger partial charge is 0.398 e. The topological polar surface area (TPSA) is 63.0 Å². The van der Waals surface area contributed by atoms with E-state index in [1.165, 1.54) is 58.6 Å². The number of anilines is 1. The van der Waals surface area contributed by atoms with Crippen molar-refractivity contribution in [3.05, 3.63) is 45.6 Å². The first-order chi connectivity index (χ1) is 12.5. The maximum atomic E-state index is 6.37. The van der Waals surface area contributed by atoms with E-state index in [-0.39, 0.29) is 5.66 Å². The van der Waals surface area contributed by atoms with Crippen molar-refractivity contribution in [2.45, 2.75) is 45.2 Å². The lowest BCUT2D eigenvalue weighted by Crippen LogP contribution is -2.56. The first kappa shape index (κ1) is 15.9. The fraction of sp³-hybridized carbons (Fsp3) is 0.381. The van der Waals surface area contributed by atoms with Crippen molar-refractivity contribution in [1.82, 2.24) is 15.0 Å². The molecule has 4 N–H and O–H groups in total. The molecule has 0 bridgehead atoms. The van der Waals surface area contributed by atoms with Gasteiger partial charge in [0.25, 0.3) is 0 Å². The minimum atomic E-state index is -0.283. The number of nitrogens with zero attached hydrogens (tertiary/aromatic N) is 1. The molecular formula is C21H24N4S. The molecule has 134 valence electrons. The van der Waals surface area contributed by atoms with Crippen molar-refractivity contribution in [3.8, 4) is 10.4 Å². The fourth-order valence-corrected chi connectivity index (χ4v) is 4.53. The van der Waals surface area contributed by atoms with Crippen molar-refractivity contribution in [1.29, 1.82) is 0 Å². The lowest BCUT2D eigenvalue weighted by Gasteiger charge is -2.33. The molecule has 2 heterocycles. The summed E-state index contributed by atoms with van der Waals surface area (Å²) < 4.78 is 4.31. The second-order valence-electron chi connectivity index (χ2n) is 7.96. The number of hydrogen-bond donors (Lipinski definition) is 3. The second kappa shape index (κ2) is 5.61. The van der Waals surface area contributed by atoms with Crippen LogP contribution in [-0.2, 0) is 0 Å². The summed E-state index contributed by atoms with van der Waals surface area (Å²) in [4.78, 5) is 1.19. The highest BCUT2D eigenvalue weighted by molar-refractivity contribution is 7.09. The third-order valence-electron chi connectivity index (χ3n) is 5.48. The number of benzene rings is 1. The summed E-state index contributed by atoms with van der Waals surface area (Å²) in [5, 5.41) is 9.60. The van der Waals surface area contributed by atoms with Crippen LogP contribution in [0.25, 0.3) is 22.7 Å². The number of aromatic nitrogens is 1. The van der Waals surface area contributed by atoms with Crippen molar-refractivity contribution >= 4 is 29.5 Å². The van der Waals surface area contributed by atoms with Gasteiger partial charge in [0.1, 0.15) is 5.66 Å². The highest BCUT2D eigenvalue weighted by Gasteiger charge is 2.35. The van der Waals surface area contributed by atoms with Crippen LogP contribution in [0.1, 0.15) is 38.2 Å². The van der Waals surface area contributed by atoms with E-state index in [2.05, 4.69) is 53.3 Å². The molecular weight excluding hydrogens is 340 g/mol. The summed E-state index contributed by atoms with van der Waals surface area (Å²) in [6, 6.07) is 4.30. The lowest BCUT2D eigenvalue weighted by molar-refractivity contribution is 0.457. The maximum Gasteiger partial charge on any atom is 0.124 e. The van der Waals surface area contributed by atoms with Crippen LogP contribution >= 0.6 is 11.5 Å². The average molecular weight is 365 g/mol. The van der Waals surface area contributed by atoms with Gasteiger partial charge in [0, 0.05) is 29.0 Å². The number of hydrogen-bond acceptors (Lipinski definition) is 5. The van der Waals surface area contributed by atoms with Crippen LogP contribution in [0.15, 0.2) is 29.6 Å². The Labute approximate surface area is 157 Å². The molecule has 0 saturated heterocycles. The summed E-state index contributed by atoms with van der Waals surface area (Å²) in [6.07, 6.45) is 11.4. The molecule has 0 spiro atoms. The zero-order valence-corrected chi connectivity index (χ0v) is 16.0. The van der Waals surface area contributed by atoms with Gasteiger partial charge in [-0.15, -0.1) is 0 Å². The van der Waals surface area contributed by atoms with Gasteiger partial charge in [0.15, 0.2) is 0 Å². The van der Waals surface area contributed by atoms with Crippen molar-refractivity contribution in [2.24, 2.45) is 5.92 Å². The Balaban J connectivity index is 1.57. The number of nitrogens with two attached hydrogens (primary N) is 1. The van der Waals surface area contributed by atoms with E-state index in [0.717, 1.165) is 22.4 Å². The highest BCUT2D eigenvalue weighted by Crippen LogP contribution is 2.43. The van der Waals surface area contributed by atoms with Crippen LogP contribution in [-0.4, -0.2) is 10.0 Å². The minimum Gasteiger partial charge on any atom is -0.398 e. The first-order valence-electron chi connectivity index (χ1n) is 9.34. The van der Waals surface area contributed by atoms with Crippen LogP contribution in [0.4, 0.5) is 5.69 Å². The zero-order valence-electron chi connectivity index (χ0n) is 15.2. The van der Waals surface area contributed by atoms with Crippen molar-refractivity contribution in [3.63, 3.8) is 0 Å². The van der Waals surface area contributed by atoms with Crippen LogP contribution < -0.4 is 26.8 Å². The Morgan fingerprint density at radius 2 is 2.15 bits per heavy atom. The zero-order chi connectivity index (χ0) is 17.9. The van der Waals surface area contributed by atoms with E-state index >= 15 is 0 Å². The number of aryl methyl sites for hydroxylation is 1. The Morgan fingerprint density at radius 3 is 2.81 bits per heavy atom. The van der Waals surface area contributed by atoms with E-state index in [9.17, 15) is 0 Å². The third kappa shape index (κ3) is 2.80. The molecule has 2 aliphatic carbocycles. The normalized spacial score (nSPS) is 23.4. The Bertz CT molecular complexity index is 1040. The molecule has 1 unspecified atom stereocenters. The van der Waals surface area contributed by atoms with Gasteiger partial charge in [-0.25, -0.2) is 4.37 Å². The van der Waals surface area contributed by atoms with Crippen LogP contribution in [0.5, 0.6) is 0 Å². The average Bonchev–Trinajstić information content (AvgIpc) is 3.51. The van der Waals surface area contributed by atoms with Crippen LogP contribution in [0, 0.1) is 12.8 Å². The molecule has 2 aromatic rings. The smallest absolute Gasteiger partial charge is 0.124 e. The highest BCUT2D eigenvalue weighted by atomic mass is 32.1. The number of nitrogens with one attached hydrogen (secondary N) is 2. The summed E-state index contributed by atoms with van der Waals surface area (Å²) >= 11 is 1.53. The predicted molar refractivity (Wildman–Crippen MR) is 109 cm³/mol. The van der Waals surface area contributed by atoms with E-state index < -0.39 is 0 Å². The van der Waals surface area contributed by atoms with E-state index in [1.807, 2.05) is 6.20 Å². The molecule has 1 aromatic heterocycles. The predicted octanol–water partition coefficient (Wildman–Crippen LogP) is 2.59. The van der Waals surface area contributed by atoms with Gasteiger partial charge in [-0.1, -0.05) is 5.57 Å². The van der Waals surface area contributed by atoms with Gasteiger partial charge in [-0.3, -0.25) is 0 Å². The number of rotatable bonds is 4. The molecule has 26 heavy (non-hydrogen) atoms. The Morgan fingerprint density at radius 1 is 1.35 bits per heavy atom. The molecule has 4 nitrogen and oxygen atoms in total. The number of nitrogen functional groups attached to an aromatic ring is 1. The first-order valence-corrected chi connectivity index (χ1v) is 10.1. The van der Waals surface area contributed by atoms with Crippen molar-refractivity contribution < 1.29 is 0 Å². The van der Waals surface area contributed by atoms with E-state index in [4.69, 9.17) is 5.73 Å². The summed E-state index contributed by atoms with van der Waals surface area (Å²) in [5.74, 6) is 0.747. The molecule has 3 aliphatic rings. The Kier molecular flexibility index (Phi) is 3.44. The van der Waals surface area contributed by atoms with Gasteiger partial charge < -0.3 is 16.4 Å². The molecule has 1 aromatic carbocycles. The summed E-state index contributed by atoms with van der Waals surface area (Å²) in [6.45, 7) is 4.31. The molecule has 1 atom stereocenters. The van der Waals surface area contributed by atoms with E-state index in [0.29, 0.717) is 0 Å². The van der Waals surface area contributed by atoms with Crippen molar-refractivity contribution in [2.75, 3.05) is 5.73 Å². The summed E-state index contributed by atoms with van der Waals surface area (Å²) in [7, 11) is 0.